The second kappa shape index (κ2) is 2.19. The van der Waals surface area contributed by atoms with Gasteiger partial charge in [-0.3, -0.25) is 0 Å². The normalized spacial score (nSPS) is 49.1. The maximum Gasteiger partial charge on any atom is 0.182 e. The van der Waals surface area contributed by atoms with Gasteiger partial charge in [-0.2, -0.15) is 10.5 Å². The summed E-state index contributed by atoms with van der Waals surface area (Å²) in [4.78, 5) is 0. The average molecular weight is 229 g/mol. The Labute approximate surface area is 91.1 Å². The summed E-state index contributed by atoms with van der Waals surface area (Å²) < 4.78 is 4.10. The lowest BCUT2D eigenvalue weighted by atomic mass is 9.74. The Kier molecular flexibility index (Phi) is 1.38. The number of hydrogen-bond donors (Lipinski definition) is 0. The lowest BCUT2D eigenvalue weighted by Crippen LogP contribution is -2.45. The summed E-state index contributed by atoms with van der Waals surface area (Å²) in [7, 11) is 0. The van der Waals surface area contributed by atoms with Crippen LogP contribution in [0.2, 0.25) is 0 Å². The van der Waals surface area contributed by atoms with Crippen molar-refractivity contribution in [3.63, 3.8) is 0 Å². The van der Waals surface area contributed by atoms with E-state index in [0.29, 0.717) is 0 Å². The van der Waals surface area contributed by atoms with E-state index in [2.05, 4.69) is 0 Å². The number of epoxide rings is 1. The van der Waals surface area contributed by atoms with Gasteiger partial charge in [-0.05, 0) is 6.42 Å². The van der Waals surface area contributed by atoms with Gasteiger partial charge < -0.3 is 4.74 Å². The smallest absolute Gasteiger partial charge is 0.182 e. The second-order valence-corrected chi connectivity index (χ2v) is 5.55. The molecule has 0 aromatic heterocycles. The molecule has 3 nitrogen and oxygen atoms in total. The highest BCUT2D eigenvalue weighted by Gasteiger charge is 2.80. The molecule has 0 amide bonds. The Morgan fingerprint density at radius 2 is 1.71 bits per heavy atom. The molecule has 2 saturated carbocycles. The largest absolute Gasteiger partial charge is 0.369 e. The summed E-state index contributed by atoms with van der Waals surface area (Å²) in [6.07, 6.45) is 0.874. The van der Waals surface area contributed by atoms with Crippen molar-refractivity contribution in [3.8, 4) is 12.1 Å². The highest BCUT2D eigenvalue weighted by Crippen LogP contribution is 2.71. The Hall–Kier alpha value is -0.480. The minimum Gasteiger partial charge on any atom is -0.369 e. The van der Waals surface area contributed by atoms with Crippen LogP contribution in [0.4, 0.5) is 0 Å². The molecule has 1 aliphatic heterocycles. The summed E-state index contributed by atoms with van der Waals surface area (Å²) in [5.74, 6) is -0.164. The number of halogens is 2. The summed E-state index contributed by atoms with van der Waals surface area (Å²) >= 11 is 12.3. The first-order valence-electron chi connectivity index (χ1n) is 4.44. The third-order valence-electron chi connectivity index (χ3n) is 3.76. The molecule has 0 aromatic rings. The monoisotopic (exact) mass is 228 g/mol. The first-order chi connectivity index (χ1) is 6.58. The molecule has 0 radical (unpaired) electrons. The van der Waals surface area contributed by atoms with Crippen molar-refractivity contribution < 1.29 is 4.74 Å². The van der Waals surface area contributed by atoms with Crippen LogP contribution in [0.25, 0.3) is 0 Å². The molecular formula is C9H6Cl2N2O. The zero-order valence-electron chi connectivity index (χ0n) is 7.08. The summed E-state index contributed by atoms with van der Waals surface area (Å²) in [5, 5.41) is 18.2. The lowest BCUT2D eigenvalue weighted by Gasteiger charge is -2.33. The van der Waals surface area contributed by atoms with Crippen LogP contribution in [0.1, 0.15) is 6.42 Å². The van der Waals surface area contributed by atoms with Gasteiger partial charge in [0.05, 0.1) is 24.3 Å². The quantitative estimate of drug-likeness (QED) is 0.468. The highest BCUT2D eigenvalue weighted by molar-refractivity contribution is 6.50. The van der Waals surface area contributed by atoms with Crippen LogP contribution in [0.15, 0.2) is 0 Å². The van der Waals surface area contributed by atoms with Crippen LogP contribution in [0.5, 0.6) is 0 Å². The Morgan fingerprint density at radius 1 is 1.14 bits per heavy atom. The SMILES string of the molecule is N#CC1(C#N)C2CC(C3OC32)C1(Cl)Cl. The van der Waals surface area contributed by atoms with Gasteiger partial charge in [-0.25, -0.2) is 0 Å². The van der Waals surface area contributed by atoms with Crippen LogP contribution >= 0.6 is 23.2 Å². The zero-order chi connectivity index (χ0) is 10.1. The molecule has 4 unspecified atom stereocenters. The molecule has 14 heavy (non-hydrogen) atoms. The van der Waals surface area contributed by atoms with E-state index < -0.39 is 9.75 Å². The van der Waals surface area contributed by atoms with Crippen molar-refractivity contribution in [2.75, 3.05) is 0 Å². The predicted octanol–water partition coefficient (Wildman–Crippen LogP) is 1.61. The van der Waals surface area contributed by atoms with Gasteiger partial charge in [0, 0.05) is 11.8 Å². The Balaban J connectivity index is 2.16. The number of nitriles is 2. The van der Waals surface area contributed by atoms with Gasteiger partial charge in [-0.1, -0.05) is 23.2 Å². The topological polar surface area (TPSA) is 60.1 Å². The Morgan fingerprint density at radius 3 is 2.21 bits per heavy atom. The van der Waals surface area contributed by atoms with E-state index in [-0.39, 0.29) is 24.0 Å². The lowest BCUT2D eigenvalue weighted by molar-refractivity contribution is 0.246. The standard InChI is InChI=1S/C9H6Cl2N2O/c10-9(11)5-1-4(6-7(5)14-6)8(9,2-12)3-13/h4-7H,1H2. The third kappa shape index (κ3) is 0.643. The van der Waals surface area contributed by atoms with Gasteiger partial charge in [-0.15, -0.1) is 0 Å². The van der Waals surface area contributed by atoms with Gasteiger partial charge in [0.1, 0.15) is 0 Å². The highest BCUT2D eigenvalue weighted by atomic mass is 35.5. The fraction of sp³-hybridized carbons (Fsp3) is 0.778. The van der Waals surface area contributed by atoms with Crippen LogP contribution in [-0.4, -0.2) is 16.5 Å². The number of ether oxygens (including phenoxy) is 1. The maximum atomic E-state index is 9.11. The molecule has 0 N–H and O–H groups in total. The molecular weight excluding hydrogens is 223 g/mol. The van der Waals surface area contributed by atoms with E-state index in [4.69, 9.17) is 38.5 Å². The van der Waals surface area contributed by atoms with Crippen LogP contribution in [-0.2, 0) is 4.74 Å². The van der Waals surface area contributed by atoms with Crippen LogP contribution in [0, 0.1) is 39.9 Å². The number of nitrogens with zero attached hydrogens (tertiary/aromatic N) is 2. The molecule has 3 aliphatic rings. The Bertz CT molecular complexity index is 381. The van der Waals surface area contributed by atoms with E-state index in [9.17, 15) is 0 Å². The summed E-state index contributed by atoms with van der Waals surface area (Å²) in [6.45, 7) is 0. The molecule has 1 saturated heterocycles. The number of rotatable bonds is 0. The van der Waals surface area contributed by atoms with Crippen molar-refractivity contribution in [2.24, 2.45) is 17.3 Å². The van der Waals surface area contributed by atoms with Gasteiger partial charge >= 0.3 is 0 Å². The van der Waals surface area contributed by atoms with Crippen molar-refractivity contribution in [2.45, 2.75) is 23.0 Å². The minimum absolute atomic E-state index is 0.0462. The van der Waals surface area contributed by atoms with E-state index in [1.807, 2.05) is 12.1 Å². The molecule has 2 aliphatic carbocycles. The zero-order valence-corrected chi connectivity index (χ0v) is 8.59. The van der Waals surface area contributed by atoms with Crippen molar-refractivity contribution in [1.82, 2.24) is 0 Å². The number of alkyl halides is 2. The maximum absolute atomic E-state index is 9.11. The summed E-state index contributed by atoms with van der Waals surface area (Å²) in [6, 6.07) is 4.00. The number of fused-ring (bicyclic) bond motifs is 5. The first kappa shape index (κ1) is 8.80. The minimum atomic E-state index is -1.28. The molecule has 1 heterocycles. The van der Waals surface area contributed by atoms with E-state index in [0.717, 1.165) is 6.42 Å². The average Bonchev–Trinajstić information content (AvgIpc) is 2.80. The van der Waals surface area contributed by atoms with E-state index in [1.54, 1.807) is 0 Å². The molecule has 0 spiro atoms. The fourth-order valence-corrected chi connectivity index (χ4v) is 3.86. The molecule has 5 heteroatoms. The second-order valence-electron chi connectivity index (χ2n) is 4.17. The number of hydrogen-bond acceptors (Lipinski definition) is 3. The molecule has 2 bridgehead atoms. The molecule has 3 rings (SSSR count). The van der Waals surface area contributed by atoms with Crippen LogP contribution in [0.3, 0.4) is 0 Å². The molecule has 4 atom stereocenters. The van der Waals surface area contributed by atoms with Crippen molar-refractivity contribution >= 4 is 23.2 Å². The molecule has 72 valence electrons. The van der Waals surface area contributed by atoms with Gasteiger partial charge in [0.25, 0.3) is 0 Å². The summed E-state index contributed by atoms with van der Waals surface area (Å²) in [5.41, 5.74) is -1.28. The van der Waals surface area contributed by atoms with E-state index in [1.165, 1.54) is 0 Å². The first-order valence-corrected chi connectivity index (χ1v) is 5.20. The van der Waals surface area contributed by atoms with Crippen molar-refractivity contribution in [1.29, 1.82) is 10.5 Å². The molecule has 3 fully saturated rings. The molecule has 0 aromatic carbocycles. The van der Waals surface area contributed by atoms with E-state index >= 15 is 0 Å². The van der Waals surface area contributed by atoms with Crippen LogP contribution < -0.4 is 0 Å². The van der Waals surface area contributed by atoms with Gasteiger partial charge in [0.15, 0.2) is 9.75 Å². The fourth-order valence-electron chi connectivity index (χ4n) is 2.98. The van der Waals surface area contributed by atoms with Crippen molar-refractivity contribution in [3.05, 3.63) is 0 Å². The predicted molar refractivity (Wildman–Crippen MR) is 48.4 cm³/mol. The third-order valence-corrected chi connectivity index (χ3v) is 4.92. The van der Waals surface area contributed by atoms with Gasteiger partial charge in [0.2, 0.25) is 0 Å².